The average Bonchev–Trinajstić information content (AvgIpc) is 3.14. The standard InChI is InChI=1S/C26H40ClN7O/c1-28-24-30-25(29-18-11-13-19(14-12-18)33(2)3)32-26(31-24)34(20-9-7-5-6-8-10-20)21-15-16-23(35-4)22(27)17-21/h15-20H,5-14H2,1-4H3,(H2,28,29,30,31,32). The second kappa shape index (κ2) is 12.1. The van der Waals surface area contributed by atoms with Crippen LogP contribution in [0, 0.1) is 0 Å². The fourth-order valence-corrected chi connectivity index (χ4v) is 5.63. The number of nitrogens with zero attached hydrogens (tertiary/aromatic N) is 5. The van der Waals surface area contributed by atoms with Gasteiger partial charge in [-0.05, 0) is 70.8 Å². The van der Waals surface area contributed by atoms with E-state index in [2.05, 4.69) is 39.5 Å². The Bertz CT molecular complexity index is 957. The molecule has 0 radical (unpaired) electrons. The van der Waals surface area contributed by atoms with Gasteiger partial charge in [0.1, 0.15) is 5.75 Å². The topological polar surface area (TPSA) is 78.4 Å². The molecule has 1 heterocycles. The van der Waals surface area contributed by atoms with Crippen LogP contribution in [0.4, 0.5) is 23.5 Å². The zero-order valence-electron chi connectivity index (χ0n) is 21.6. The molecular weight excluding hydrogens is 462 g/mol. The lowest BCUT2D eigenvalue weighted by Gasteiger charge is -2.34. The molecule has 8 nitrogen and oxygen atoms in total. The Balaban J connectivity index is 1.65. The normalized spacial score (nSPS) is 21.4. The van der Waals surface area contributed by atoms with Gasteiger partial charge in [-0.15, -0.1) is 0 Å². The Morgan fingerprint density at radius 2 is 1.57 bits per heavy atom. The molecule has 35 heavy (non-hydrogen) atoms. The first-order valence-electron chi connectivity index (χ1n) is 13.0. The molecule has 4 rings (SSSR count). The maximum absolute atomic E-state index is 6.55. The molecule has 2 N–H and O–H groups in total. The van der Waals surface area contributed by atoms with Crippen LogP contribution in [-0.2, 0) is 0 Å². The van der Waals surface area contributed by atoms with Gasteiger partial charge in [0.25, 0.3) is 0 Å². The highest BCUT2D eigenvalue weighted by Crippen LogP contribution is 2.36. The molecule has 2 fully saturated rings. The van der Waals surface area contributed by atoms with Gasteiger partial charge in [-0.1, -0.05) is 37.3 Å². The third-order valence-corrected chi connectivity index (χ3v) is 7.72. The van der Waals surface area contributed by atoms with E-state index in [4.69, 9.17) is 26.3 Å². The van der Waals surface area contributed by atoms with Crippen molar-refractivity contribution in [1.29, 1.82) is 0 Å². The Morgan fingerprint density at radius 3 is 2.17 bits per heavy atom. The van der Waals surface area contributed by atoms with Crippen LogP contribution >= 0.6 is 11.6 Å². The van der Waals surface area contributed by atoms with Crippen molar-refractivity contribution in [2.45, 2.75) is 82.3 Å². The second-order valence-electron chi connectivity index (χ2n) is 9.98. The van der Waals surface area contributed by atoms with E-state index < -0.39 is 0 Å². The number of hydrogen-bond acceptors (Lipinski definition) is 8. The summed E-state index contributed by atoms with van der Waals surface area (Å²) >= 11 is 6.55. The minimum atomic E-state index is 0.303. The Labute approximate surface area is 214 Å². The summed E-state index contributed by atoms with van der Waals surface area (Å²) in [6.07, 6.45) is 11.7. The van der Waals surface area contributed by atoms with Gasteiger partial charge in [-0.25, -0.2) is 0 Å². The maximum Gasteiger partial charge on any atom is 0.236 e. The summed E-state index contributed by atoms with van der Waals surface area (Å²) in [7, 11) is 7.83. The molecule has 0 saturated heterocycles. The van der Waals surface area contributed by atoms with Crippen molar-refractivity contribution in [2.75, 3.05) is 43.8 Å². The van der Waals surface area contributed by atoms with E-state index in [1.165, 1.54) is 38.5 Å². The van der Waals surface area contributed by atoms with E-state index in [0.717, 1.165) is 31.4 Å². The molecular formula is C26H40ClN7O. The van der Waals surface area contributed by atoms with Gasteiger partial charge in [-0.2, -0.15) is 15.0 Å². The summed E-state index contributed by atoms with van der Waals surface area (Å²) in [6.45, 7) is 0. The molecule has 0 bridgehead atoms. The first-order chi connectivity index (χ1) is 17.0. The van der Waals surface area contributed by atoms with E-state index in [-0.39, 0.29) is 0 Å². The highest BCUT2D eigenvalue weighted by atomic mass is 35.5. The summed E-state index contributed by atoms with van der Waals surface area (Å²) in [5, 5.41) is 7.34. The average molecular weight is 502 g/mol. The third kappa shape index (κ3) is 6.47. The largest absolute Gasteiger partial charge is 0.495 e. The predicted octanol–water partition coefficient (Wildman–Crippen LogP) is 5.72. The summed E-state index contributed by atoms with van der Waals surface area (Å²) in [6, 6.07) is 7.26. The first-order valence-corrected chi connectivity index (χ1v) is 13.4. The van der Waals surface area contributed by atoms with Gasteiger partial charge >= 0.3 is 0 Å². The van der Waals surface area contributed by atoms with Crippen LogP contribution in [0.5, 0.6) is 5.75 Å². The van der Waals surface area contributed by atoms with Crippen LogP contribution in [0.25, 0.3) is 0 Å². The molecule has 0 spiro atoms. The number of rotatable bonds is 8. The molecule has 0 aliphatic heterocycles. The summed E-state index contributed by atoms with van der Waals surface area (Å²) < 4.78 is 5.40. The van der Waals surface area contributed by atoms with Gasteiger partial charge < -0.3 is 25.2 Å². The quantitative estimate of drug-likeness (QED) is 0.444. The van der Waals surface area contributed by atoms with Crippen LogP contribution in [-0.4, -0.2) is 66.2 Å². The molecule has 0 amide bonds. The molecule has 192 valence electrons. The van der Waals surface area contributed by atoms with Crippen molar-refractivity contribution < 1.29 is 4.74 Å². The highest BCUT2D eigenvalue weighted by Gasteiger charge is 2.27. The molecule has 9 heteroatoms. The van der Waals surface area contributed by atoms with Crippen LogP contribution in [0.3, 0.4) is 0 Å². The number of benzene rings is 1. The molecule has 1 aromatic heterocycles. The second-order valence-corrected chi connectivity index (χ2v) is 10.4. The smallest absolute Gasteiger partial charge is 0.236 e. The van der Waals surface area contributed by atoms with Crippen molar-refractivity contribution in [3.05, 3.63) is 23.2 Å². The summed E-state index contributed by atoms with van der Waals surface area (Å²) in [5.74, 6) is 2.52. The van der Waals surface area contributed by atoms with Crippen LogP contribution in [0.15, 0.2) is 18.2 Å². The summed E-state index contributed by atoms with van der Waals surface area (Å²) in [5.41, 5.74) is 0.980. The number of hydrogen-bond donors (Lipinski definition) is 2. The van der Waals surface area contributed by atoms with Gasteiger partial charge in [0.05, 0.1) is 12.1 Å². The Kier molecular flexibility index (Phi) is 8.89. The lowest BCUT2D eigenvalue weighted by atomic mass is 9.91. The third-order valence-electron chi connectivity index (χ3n) is 7.43. The Hall–Kier alpha value is -2.32. The maximum atomic E-state index is 6.55. The number of methoxy groups -OCH3 is 1. The first kappa shape index (κ1) is 25.8. The lowest BCUT2D eigenvalue weighted by molar-refractivity contribution is 0.221. The number of halogens is 1. The van der Waals surface area contributed by atoms with Crippen molar-refractivity contribution >= 4 is 35.1 Å². The highest BCUT2D eigenvalue weighted by molar-refractivity contribution is 6.32. The van der Waals surface area contributed by atoms with E-state index in [0.29, 0.717) is 46.7 Å². The Morgan fingerprint density at radius 1 is 0.886 bits per heavy atom. The van der Waals surface area contributed by atoms with E-state index in [1.54, 1.807) is 7.11 Å². The molecule has 0 unspecified atom stereocenters. The minimum Gasteiger partial charge on any atom is -0.495 e. The van der Waals surface area contributed by atoms with E-state index in [1.807, 2.05) is 25.2 Å². The van der Waals surface area contributed by atoms with Crippen molar-refractivity contribution in [2.24, 2.45) is 0 Å². The van der Waals surface area contributed by atoms with Gasteiger partial charge in [0.15, 0.2) is 0 Å². The molecule has 0 atom stereocenters. The van der Waals surface area contributed by atoms with Gasteiger partial charge in [-0.3, -0.25) is 0 Å². The van der Waals surface area contributed by atoms with E-state index >= 15 is 0 Å². The monoisotopic (exact) mass is 501 g/mol. The number of ether oxygens (including phenoxy) is 1. The molecule has 2 aliphatic rings. The van der Waals surface area contributed by atoms with Crippen molar-refractivity contribution in [1.82, 2.24) is 19.9 Å². The molecule has 2 saturated carbocycles. The number of anilines is 4. The predicted molar refractivity (Wildman–Crippen MR) is 144 cm³/mol. The number of aromatic nitrogens is 3. The van der Waals surface area contributed by atoms with Crippen molar-refractivity contribution in [3.8, 4) is 5.75 Å². The molecule has 1 aromatic carbocycles. The SMILES string of the molecule is CNc1nc(NC2CCC(N(C)C)CC2)nc(N(c2ccc(OC)c(Cl)c2)C2CCCCCC2)n1. The summed E-state index contributed by atoms with van der Waals surface area (Å²) in [4.78, 5) is 19.0. The molecule has 2 aromatic rings. The van der Waals surface area contributed by atoms with E-state index in [9.17, 15) is 0 Å². The zero-order chi connectivity index (χ0) is 24.8. The fraction of sp³-hybridized carbons (Fsp3) is 0.654. The van der Waals surface area contributed by atoms with Crippen molar-refractivity contribution in [3.63, 3.8) is 0 Å². The van der Waals surface area contributed by atoms with Crippen LogP contribution in [0.1, 0.15) is 64.2 Å². The minimum absolute atomic E-state index is 0.303. The van der Waals surface area contributed by atoms with Gasteiger partial charge in [0.2, 0.25) is 17.8 Å². The fourth-order valence-electron chi connectivity index (χ4n) is 5.38. The lowest BCUT2D eigenvalue weighted by Crippen LogP contribution is -2.37. The van der Waals surface area contributed by atoms with Crippen LogP contribution in [0.2, 0.25) is 5.02 Å². The molecule has 2 aliphatic carbocycles. The number of nitrogens with one attached hydrogen (secondary N) is 2. The van der Waals surface area contributed by atoms with Gasteiger partial charge in [0, 0.05) is 30.9 Å². The zero-order valence-corrected chi connectivity index (χ0v) is 22.3. The van der Waals surface area contributed by atoms with Crippen LogP contribution < -0.4 is 20.3 Å².